The normalized spacial score (nSPS) is 11.6. The molecular weight excluding hydrogens is 406 g/mol. The Bertz CT molecular complexity index is 985. The number of benzene rings is 3. The molecular formula is C19H13BrF2N2O2. The van der Waals surface area contributed by atoms with Crippen molar-refractivity contribution in [3.63, 3.8) is 0 Å². The Balaban J connectivity index is 2.39. The van der Waals surface area contributed by atoms with Gasteiger partial charge in [-0.05, 0) is 53.1 Å². The number of amidine groups is 1. The molecule has 4 N–H and O–H groups in total. The summed E-state index contributed by atoms with van der Waals surface area (Å²) in [4.78, 5) is 0. The minimum Gasteiger partial charge on any atom is -0.508 e. The summed E-state index contributed by atoms with van der Waals surface area (Å²) in [6.45, 7) is 0. The van der Waals surface area contributed by atoms with Crippen LogP contribution in [0.2, 0.25) is 0 Å². The number of rotatable bonds is 3. The SMILES string of the molecule is NC(=NO)c1cc(Br)cc(-c2ccc(O)cc2)c1-c1cc(F)cc(F)c1. The standard InChI is InChI=1S/C19H13BrF2N2O2/c20-12-7-16(10-1-3-15(25)4-2-10)18(17(8-12)19(23)24-26)11-5-13(21)9-14(22)6-11/h1-9,25-26H,(H2,23,24). The van der Waals surface area contributed by atoms with Crippen LogP contribution in [0, 0.1) is 11.6 Å². The van der Waals surface area contributed by atoms with Crippen molar-refractivity contribution in [2.45, 2.75) is 0 Å². The van der Waals surface area contributed by atoms with E-state index in [2.05, 4.69) is 21.1 Å². The summed E-state index contributed by atoms with van der Waals surface area (Å²) in [6.07, 6.45) is 0. The molecule has 4 nitrogen and oxygen atoms in total. The topological polar surface area (TPSA) is 78.8 Å². The zero-order chi connectivity index (χ0) is 18.8. The Morgan fingerprint density at radius 3 is 2.12 bits per heavy atom. The van der Waals surface area contributed by atoms with Crippen LogP contribution in [0.15, 0.2) is 64.2 Å². The molecule has 0 bridgehead atoms. The first-order chi connectivity index (χ1) is 12.4. The fourth-order valence-corrected chi connectivity index (χ4v) is 3.20. The lowest BCUT2D eigenvalue weighted by molar-refractivity contribution is 0.318. The van der Waals surface area contributed by atoms with Gasteiger partial charge >= 0.3 is 0 Å². The van der Waals surface area contributed by atoms with E-state index in [1.807, 2.05) is 0 Å². The number of halogens is 3. The lowest BCUT2D eigenvalue weighted by Crippen LogP contribution is -2.15. The van der Waals surface area contributed by atoms with Crippen LogP contribution in [0.1, 0.15) is 5.56 Å². The highest BCUT2D eigenvalue weighted by Gasteiger charge is 2.18. The molecule has 3 rings (SSSR count). The quantitative estimate of drug-likeness (QED) is 0.246. The van der Waals surface area contributed by atoms with Gasteiger partial charge in [-0.3, -0.25) is 0 Å². The number of phenols is 1. The number of nitrogens with zero attached hydrogens (tertiary/aromatic N) is 1. The molecule has 0 radical (unpaired) electrons. The first kappa shape index (κ1) is 17.9. The Kier molecular flexibility index (Phi) is 4.90. The molecule has 0 saturated heterocycles. The zero-order valence-electron chi connectivity index (χ0n) is 13.2. The van der Waals surface area contributed by atoms with Crippen LogP contribution in [-0.2, 0) is 0 Å². The fraction of sp³-hybridized carbons (Fsp3) is 0. The minimum absolute atomic E-state index is 0.0822. The molecule has 7 heteroatoms. The van der Waals surface area contributed by atoms with Gasteiger partial charge in [-0.1, -0.05) is 33.2 Å². The highest BCUT2D eigenvalue weighted by atomic mass is 79.9. The van der Waals surface area contributed by atoms with E-state index in [1.165, 1.54) is 24.3 Å². The van der Waals surface area contributed by atoms with E-state index in [-0.39, 0.29) is 17.1 Å². The largest absolute Gasteiger partial charge is 0.508 e. The third-order valence-corrected chi connectivity index (χ3v) is 4.27. The van der Waals surface area contributed by atoms with E-state index in [0.717, 1.165) is 6.07 Å². The predicted molar refractivity (Wildman–Crippen MR) is 99.1 cm³/mol. The molecule has 132 valence electrons. The summed E-state index contributed by atoms with van der Waals surface area (Å²) >= 11 is 3.37. The molecule has 3 aromatic rings. The Morgan fingerprint density at radius 1 is 0.923 bits per heavy atom. The van der Waals surface area contributed by atoms with Crippen LogP contribution < -0.4 is 5.73 Å². The molecule has 0 atom stereocenters. The Morgan fingerprint density at radius 2 is 1.54 bits per heavy atom. The monoisotopic (exact) mass is 418 g/mol. The van der Waals surface area contributed by atoms with Crippen molar-refractivity contribution in [2.24, 2.45) is 10.9 Å². The summed E-state index contributed by atoms with van der Waals surface area (Å²) in [5.74, 6) is -1.61. The number of aromatic hydroxyl groups is 1. The van der Waals surface area contributed by atoms with Crippen LogP contribution in [0.5, 0.6) is 5.75 Å². The maximum Gasteiger partial charge on any atom is 0.170 e. The first-order valence-corrected chi connectivity index (χ1v) is 8.25. The Labute approximate surface area is 156 Å². The summed E-state index contributed by atoms with van der Waals surface area (Å²) in [7, 11) is 0. The van der Waals surface area contributed by atoms with Gasteiger partial charge in [-0.15, -0.1) is 0 Å². The molecule has 0 spiro atoms. The zero-order valence-corrected chi connectivity index (χ0v) is 14.8. The molecule has 26 heavy (non-hydrogen) atoms. The molecule has 0 fully saturated rings. The average molecular weight is 419 g/mol. The third-order valence-electron chi connectivity index (χ3n) is 3.82. The van der Waals surface area contributed by atoms with E-state index < -0.39 is 11.6 Å². The van der Waals surface area contributed by atoms with E-state index in [4.69, 9.17) is 10.9 Å². The van der Waals surface area contributed by atoms with Gasteiger partial charge in [0.05, 0.1) is 0 Å². The van der Waals surface area contributed by atoms with E-state index in [1.54, 1.807) is 24.3 Å². The average Bonchev–Trinajstić information content (AvgIpc) is 2.60. The van der Waals surface area contributed by atoms with Crippen LogP contribution >= 0.6 is 15.9 Å². The second kappa shape index (κ2) is 7.13. The van der Waals surface area contributed by atoms with Crippen molar-refractivity contribution in [2.75, 3.05) is 0 Å². The van der Waals surface area contributed by atoms with Crippen molar-refractivity contribution >= 4 is 21.8 Å². The number of phenolic OH excluding ortho intramolecular Hbond substituents is 1. The highest BCUT2D eigenvalue weighted by molar-refractivity contribution is 9.10. The third kappa shape index (κ3) is 3.52. The molecule has 0 aromatic heterocycles. The number of oxime groups is 1. The summed E-state index contributed by atoms with van der Waals surface area (Å²) in [6, 6.07) is 12.8. The molecule has 3 aromatic carbocycles. The maximum atomic E-state index is 13.8. The summed E-state index contributed by atoms with van der Waals surface area (Å²) < 4.78 is 28.2. The number of hydrogen-bond donors (Lipinski definition) is 3. The van der Waals surface area contributed by atoms with E-state index in [0.29, 0.717) is 26.7 Å². The summed E-state index contributed by atoms with van der Waals surface area (Å²) in [5, 5.41) is 21.7. The molecule has 0 saturated carbocycles. The first-order valence-electron chi connectivity index (χ1n) is 7.46. The van der Waals surface area contributed by atoms with Crippen molar-refractivity contribution in [1.29, 1.82) is 0 Å². The van der Waals surface area contributed by atoms with Gasteiger partial charge in [0.15, 0.2) is 5.84 Å². The van der Waals surface area contributed by atoms with Gasteiger partial charge in [0, 0.05) is 21.7 Å². The van der Waals surface area contributed by atoms with Gasteiger partial charge < -0.3 is 16.0 Å². The van der Waals surface area contributed by atoms with Crippen LogP contribution in [-0.4, -0.2) is 16.1 Å². The lowest BCUT2D eigenvalue weighted by Gasteiger charge is -2.16. The molecule has 0 aliphatic rings. The smallest absolute Gasteiger partial charge is 0.170 e. The molecule has 0 aliphatic carbocycles. The van der Waals surface area contributed by atoms with Gasteiger partial charge in [0.25, 0.3) is 0 Å². The minimum atomic E-state index is -0.745. The lowest BCUT2D eigenvalue weighted by atomic mass is 9.90. The van der Waals surface area contributed by atoms with Gasteiger partial charge in [-0.2, -0.15) is 0 Å². The predicted octanol–water partition coefficient (Wildman–Crippen LogP) is 4.86. The second-order valence-electron chi connectivity index (χ2n) is 5.57. The van der Waals surface area contributed by atoms with Crippen LogP contribution in [0.25, 0.3) is 22.3 Å². The second-order valence-corrected chi connectivity index (χ2v) is 6.48. The van der Waals surface area contributed by atoms with Gasteiger partial charge in [0.1, 0.15) is 17.4 Å². The van der Waals surface area contributed by atoms with E-state index >= 15 is 0 Å². The van der Waals surface area contributed by atoms with Crippen molar-refractivity contribution in [1.82, 2.24) is 0 Å². The molecule has 0 unspecified atom stereocenters. The van der Waals surface area contributed by atoms with Crippen molar-refractivity contribution in [3.8, 4) is 28.0 Å². The van der Waals surface area contributed by atoms with Gasteiger partial charge in [-0.25, -0.2) is 8.78 Å². The van der Waals surface area contributed by atoms with Crippen molar-refractivity contribution < 1.29 is 19.1 Å². The highest BCUT2D eigenvalue weighted by Crippen LogP contribution is 2.38. The summed E-state index contributed by atoms with van der Waals surface area (Å²) in [5.41, 5.74) is 8.00. The van der Waals surface area contributed by atoms with E-state index in [9.17, 15) is 13.9 Å². The fourth-order valence-electron chi connectivity index (χ4n) is 2.74. The number of hydrogen-bond acceptors (Lipinski definition) is 3. The van der Waals surface area contributed by atoms with Crippen LogP contribution in [0.4, 0.5) is 8.78 Å². The van der Waals surface area contributed by atoms with Crippen LogP contribution in [0.3, 0.4) is 0 Å². The molecule has 0 aliphatic heterocycles. The molecule has 0 heterocycles. The molecule has 0 amide bonds. The number of nitrogens with two attached hydrogens (primary N) is 1. The van der Waals surface area contributed by atoms with Gasteiger partial charge in [0.2, 0.25) is 0 Å². The maximum absolute atomic E-state index is 13.8. The Hall–Kier alpha value is -2.93. The van der Waals surface area contributed by atoms with Crippen molar-refractivity contribution in [3.05, 3.63) is 76.3 Å².